The first kappa shape index (κ1) is 14.7. The largest absolute Gasteiger partial charge is 0.0622 e. The van der Waals surface area contributed by atoms with Gasteiger partial charge in [0, 0.05) is 0 Å². The van der Waals surface area contributed by atoms with Gasteiger partial charge in [-0.05, 0) is 51.9 Å². The van der Waals surface area contributed by atoms with E-state index in [0.29, 0.717) is 0 Å². The Bertz CT molecular complexity index is 981. The summed E-state index contributed by atoms with van der Waals surface area (Å²) in [6.07, 6.45) is 0.958. The van der Waals surface area contributed by atoms with Crippen LogP contribution in [0, 0.1) is 6.92 Å². The van der Waals surface area contributed by atoms with Gasteiger partial charge < -0.3 is 0 Å². The van der Waals surface area contributed by atoms with Gasteiger partial charge in [0.15, 0.2) is 0 Å². The molecule has 0 aliphatic carbocycles. The average molecular weight is 308 g/mol. The minimum absolute atomic E-state index is 0.958. The molecule has 0 spiro atoms. The summed E-state index contributed by atoms with van der Waals surface area (Å²) in [5.41, 5.74) is 6.70. The topological polar surface area (TPSA) is 0 Å². The van der Waals surface area contributed by atoms with E-state index in [9.17, 15) is 0 Å². The van der Waals surface area contributed by atoms with E-state index in [1.54, 1.807) is 0 Å². The molecule has 0 saturated carbocycles. The van der Waals surface area contributed by atoms with Crippen molar-refractivity contribution >= 4 is 10.8 Å². The number of rotatable bonds is 3. The second-order valence-electron chi connectivity index (χ2n) is 6.30. The Morgan fingerprint density at radius 2 is 1.21 bits per heavy atom. The van der Waals surface area contributed by atoms with Gasteiger partial charge in [0.2, 0.25) is 0 Å². The fourth-order valence-corrected chi connectivity index (χ4v) is 3.44. The minimum Gasteiger partial charge on any atom is -0.0622 e. The normalized spacial score (nSPS) is 10.9. The van der Waals surface area contributed by atoms with E-state index < -0.39 is 0 Å². The molecule has 0 heteroatoms. The van der Waals surface area contributed by atoms with Crippen molar-refractivity contribution in [2.24, 2.45) is 0 Å². The fraction of sp³-hybridized carbons (Fsp3) is 0.0833. The van der Waals surface area contributed by atoms with Crippen molar-refractivity contribution in [3.8, 4) is 11.1 Å². The molecule has 0 fully saturated rings. The molecule has 0 nitrogen and oxygen atoms in total. The summed E-state index contributed by atoms with van der Waals surface area (Å²) in [5.74, 6) is 0. The SMILES string of the molecule is Cc1ccc(-c2ccccc2Cc2ccccc2)c2ccccc12. The molecular formula is C24H20. The fourth-order valence-electron chi connectivity index (χ4n) is 3.44. The zero-order valence-electron chi connectivity index (χ0n) is 13.9. The van der Waals surface area contributed by atoms with Crippen LogP contribution in [0.2, 0.25) is 0 Å². The Hall–Kier alpha value is -2.86. The first-order valence-corrected chi connectivity index (χ1v) is 8.43. The second kappa shape index (κ2) is 6.33. The highest BCUT2D eigenvalue weighted by Crippen LogP contribution is 2.33. The van der Waals surface area contributed by atoms with E-state index in [4.69, 9.17) is 0 Å². The maximum atomic E-state index is 2.27. The third kappa shape index (κ3) is 2.72. The molecule has 0 saturated heterocycles. The van der Waals surface area contributed by atoms with Crippen LogP contribution in [0.5, 0.6) is 0 Å². The van der Waals surface area contributed by atoms with Crippen LogP contribution in [0.4, 0.5) is 0 Å². The smallest absolute Gasteiger partial charge is 0.00196 e. The molecule has 0 aliphatic heterocycles. The van der Waals surface area contributed by atoms with Crippen molar-refractivity contribution in [1.82, 2.24) is 0 Å². The lowest BCUT2D eigenvalue weighted by Crippen LogP contribution is -1.93. The molecule has 24 heavy (non-hydrogen) atoms. The predicted molar refractivity (Wildman–Crippen MR) is 103 cm³/mol. The minimum atomic E-state index is 0.958. The van der Waals surface area contributed by atoms with Gasteiger partial charge in [-0.3, -0.25) is 0 Å². The Morgan fingerprint density at radius 3 is 2.04 bits per heavy atom. The molecule has 0 aliphatic rings. The van der Waals surface area contributed by atoms with Crippen LogP contribution in [0.25, 0.3) is 21.9 Å². The summed E-state index contributed by atoms with van der Waals surface area (Å²) in [4.78, 5) is 0. The van der Waals surface area contributed by atoms with E-state index in [0.717, 1.165) is 6.42 Å². The third-order valence-electron chi connectivity index (χ3n) is 4.69. The molecular weight excluding hydrogens is 288 g/mol. The van der Waals surface area contributed by atoms with Crippen molar-refractivity contribution in [1.29, 1.82) is 0 Å². The summed E-state index contributed by atoms with van der Waals surface area (Å²) in [7, 11) is 0. The number of benzene rings is 4. The van der Waals surface area contributed by atoms with Crippen molar-refractivity contribution in [3.05, 3.63) is 108 Å². The van der Waals surface area contributed by atoms with Crippen LogP contribution in [-0.4, -0.2) is 0 Å². The van der Waals surface area contributed by atoms with Crippen LogP contribution in [0.1, 0.15) is 16.7 Å². The standard InChI is InChI=1S/C24H20/c1-18-15-16-24(23-14-8-7-12-21(18)23)22-13-6-5-11-20(22)17-19-9-3-2-4-10-19/h2-16H,17H2,1H3. The van der Waals surface area contributed by atoms with E-state index in [2.05, 4.69) is 97.9 Å². The van der Waals surface area contributed by atoms with E-state index >= 15 is 0 Å². The summed E-state index contributed by atoms with van der Waals surface area (Å²) in [6, 6.07) is 32.7. The Kier molecular flexibility index (Phi) is 3.88. The van der Waals surface area contributed by atoms with Gasteiger partial charge in [-0.25, -0.2) is 0 Å². The number of hydrogen-bond acceptors (Lipinski definition) is 0. The third-order valence-corrected chi connectivity index (χ3v) is 4.69. The van der Waals surface area contributed by atoms with Gasteiger partial charge in [-0.2, -0.15) is 0 Å². The lowest BCUT2D eigenvalue weighted by atomic mass is 9.90. The first-order valence-electron chi connectivity index (χ1n) is 8.43. The molecule has 0 bridgehead atoms. The van der Waals surface area contributed by atoms with Gasteiger partial charge in [-0.15, -0.1) is 0 Å². The summed E-state index contributed by atoms with van der Waals surface area (Å²) < 4.78 is 0. The molecule has 0 aromatic heterocycles. The number of fused-ring (bicyclic) bond motifs is 1. The lowest BCUT2D eigenvalue weighted by molar-refractivity contribution is 1.20. The summed E-state index contributed by atoms with van der Waals surface area (Å²) in [6.45, 7) is 2.18. The summed E-state index contributed by atoms with van der Waals surface area (Å²) >= 11 is 0. The molecule has 4 rings (SSSR count). The molecule has 0 N–H and O–H groups in total. The Balaban J connectivity index is 1.88. The predicted octanol–water partition coefficient (Wildman–Crippen LogP) is 6.41. The monoisotopic (exact) mass is 308 g/mol. The van der Waals surface area contributed by atoms with Crippen molar-refractivity contribution in [2.45, 2.75) is 13.3 Å². The van der Waals surface area contributed by atoms with E-state index in [1.165, 1.54) is 38.6 Å². The highest BCUT2D eigenvalue weighted by atomic mass is 14.1. The highest BCUT2D eigenvalue weighted by molar-refractivity contribution is 5.99. The van der Waals surface area contributed by atoms with Crippen LogP contribution in [0.3, 0.4) is 0 Å². The molecule has 0 radical (unpaired) electrons. The quantitative estimate of drug-likeness (QED) is 0.410. The number of hydrogen-bond donors (Lipinski definition) is 0. The molecule has 0 amide bonds. The van der Waals surface area contributed by atoms with E-state index in [1.807, 2.05) is 0 Å². The lowest BCUT2D eigenvalue weighted by Gasteiger charge is -2.14. The molecule has 0 heterocycles. The highest BCUT2D eigenvalue weighted by Gasteiger charge is 2.09. The van der Waals surface area contributed by atoms with Crippen molar-refractivity contribution < 1.29 is 0 Å². The average Bonchev–Trinajstić information content (AvgIpc) is 2.64. The van der Waals surface area contributed by atoms with Crippen LogP contribution >= 0.6 is 0 Å². The molecule has 116 valence electrons. The zero-order valence-corrected chi connectivity index (χ0v) is 13.9. The van der Waals surface area contributed by atoms with Gasteiger partial charge in [0.25, 0.3) is 0 Å². The summed E-state index contributed by atoms with van der Waals surface area (Å²) in [5, 5.41) is 2.67. The first-order chi connectivity index (χ1) is 11.8. The van der Waals surface area contributed by atoms with Gasteiger partial charge in [0.05, 0.1) is 0 Å². The van der Waals surface area contributed by atoms with Gasteiger partial charge in [0.1, 0.15) is 0 Å². The van der Waals surface area contributed by atoms with Crippen LogP contribution in [-0.2, 0) is 6.42 Å². The maximum absolute atomic E-state index is 2.27. The van der Waals surface area contributed by atoms with Gasteiger partial charge in [-0.1, -0.05) is 91.0 Å². The van der Waals surface area contributed by atoms with Crippen molar-refractivity contribution in [2.75, 3.05) is 0 Å². The van der Waals surface area contributed by atoms with E-state index in [-0.39, 0.29) is 0 Å². The van der Waals surface area contributed by atoms with Crippen molar-refractivity contribution in [3.63, 3.8) is 0 Å². The number of aryl methyl sites for hydroxylation is 1. The van der Waals surface area contributed by atoms with Crippen LogP contribution < -0.4 is 0 Å². The van der Waals surface area contributed by atoms with Gasteiger partial charge >= 0.3 is 0 Å². The molecule has 4 aromatic carbocycles. The Labute approximate surface area is 143 Å². The van der Waals surface area contributed by atoms with Crippen LogP contribution in [0.15, 0.2) is 91.0 Å². The maximum Gasteiger partial charge on any atom is -0.00196 e. The zero-order chi connectivity index (χ0) is 16.4. The molecule has 4 aromatic rings. The molecule has 0 unspecified atom stereocenters. The second-order valence-corrected chi connectivity index (χ2v) is 6.30. The Morgan fingerprint density at radius 1 is 0.542 bits per heavy atom. The molecule has 0 atom stereocenters.